The van der Waals surface area contributed by atoms with Crippen LogP contribution in [0.4, 0.5) is 0 Å². The second-order valence-corrected chi connectivity index (χ2v) is 5.58. The fraction of sp³-hybridized carbons (Fsp3) is 0.714. The molecule has 1 heteroatoms. The Balaban J connectivity index is 2.77. The first kappa shape index (κ1) is 12.5. The van der Waals surface area contributed by atoms with Gasteiger partial charge in [-0.1, -0.05) is 31.6 Å². The minimum atomic E-state index is -0.577. The Hall–Kier alpha value is -0.560. The lowest BCUT2D eigenvalue weighted by atomic mass is 9.68. The van der Waals surface area contributed by atoms with Crippen LogP contribution in [0.3, 0.4) is 0 Å². The number of aliphatic hydroxyl groups is 1. The van der Waals surface area contributed by atoms with Crippen LogP contribution >= 0.6 is 0 Å². The summed E-state index contributed by atoms with van der Waals surface area (Å²) in [7, 11) is 0. The van der Waals surface area contributed by atoms with Crippen molar-refractivity contribution in [3.05, 3.63) is 24.3 Å². The number of hydrogen-bond acceptors (Lipinski definition) is 1. The molecule has 0 aromatic rings. The van der Waals surface area contributed by atoms with Crippen LogP contribution in [0.5, 0.6) is 0 Å². The fourth-order valence-corrected chi connectivity index (χ4v) is 2.73. The smallest absolute Gasteiger partial charge is 0.0661 e. The molecule has 86 valence electrons. The van der Waals surface area contributed by atoms with Gasteiger partial charge in [-0.3, -0.25) is 0 Å². The minimum Gasteiger partial charge on any atom is -0.390 e. The van der Waals surface area contributed by atoms with Crippen molar-refractivity contribution in [1.29, 1.82) is 0 Å². The lowest BCUT2D eigenvalue weighted by molar-refractivity contribution is -0.0404. The predicted octanol–water partition coefficient (Wildman–Crippen LogP) is 3.70. The van der Waals surface area contributed by atoms with E-state index in [1.54, 1.807) is 0 Å². The van der Waals surface area contributed by atoms with Crippen molar-refractivity contribution >= 4 is 0 Å². The average Bonchev–Trinajstić information content (AvgIpc) is 2.39. The van der Waals surface area contributed by atoms with Gasteiger partial charge in [0, 0.05) is 0 Å². The molecule has 0 spiro atoms. The van der Waals surface area contributed by atoms with Gasteiger partial charge in [0.25, 0.3) is 0 Å². The third-order valence-corrected chi connectivity index (χ3v) is 4.15. The molecular weight excluding hydrogens is 184 g/mol. The Morgan fingerprint density at radius 2 is 2.27 bits per heavy atom. The minimum absolute atomic E-state index is 0.130. The maximum absolute atomic E-state index is 10.5. The second kappa shape index (κ2) is 4.13. The van der Waals surface area contributed by atoms with E-state index in [1.165, 1.54) is 5.57 Å². The molecule has 1 nitrogen and oxygen atoms in total. The molecule has 0 aliphatic heterocycles. The first-order valence-corrected chi connectivity index (χ1v) is 5.83. The summed E-state index contributed by atoms with van der Waals surface area (Å²) in [6, 6.07) is 0. The molecule has 0 saturated carbocycles. The van der Waals surface area contributed by atoms with E-state index in [4.69, 9.17) is 0 Å². The monoisotopic (exact) mass is 208 g/mol. The zero-order valence-corrected chi connectivity index (χ0v) is 10.5. The normalized spacial score (nSPS) is 28.3. The summed E-state index contributed by atoms with van der Waals surface area (Å²) >= 11 is 0. The maximum Gasteiger partial charge on any atom is 0.0661 e. The fourth-order valence-electron chi connectivity index (χ4n) is 2.73. The first-order chi connectivity index (χ1) is 6.82. The van der Waals surface area contributed by atoms with Crippen LogP contribution in [-0.4, -0.2) is 10.7 Å². The topological polar surface area (TPSA) is 20.2 Å². The highest BCUT2D eigenvalue weighted by Gasteiger charge is 2.44. The van der Waals surface area contributed by atoms with E-state index >= 15 is 0 Å². The van der Waals surface area contributed by atoms with Crippen LogP contribution in [0.25, 0.3) is 0 Å². The van der Waals surface area contributed by atoms with Gasteiger partial charge in [0.15, 0.2) is 0 Å². The standard InChI is InChI=1S/C14H24O/c1-6-7-10-14(5,15)12-9-8-11(2)13(12,3)4/h6,8,12,15H,1,7,9-10H2,2-5H3. The predicted molar refractivity (Wildman–Crippen MR) is 65.7 cm³/mol. The van der Waals surface area contributed by atoms with E-state index in [0.717, 1.165) is 19.3 Å². The summed E-state index contributed by atoms with van der Waals surface area (Å²) in [4.78, 5) is 0. The summed E-state index contributed by atoms with van der Waals surface area (Å²) in [6.45, 7) is 12.3. The van der Waals surface area contributed by atoms with E-state index in [2.05, 4.69) is 33.4 Å². The molecule has 0 aromatic carbocycles. The lowest BCUT2D eigenvalue weighted by Crippen LogP contribution is -2.41. The molecule has 1 rings (SSSR count). The van der Waals surface area contributed by atoms with Gasteiger partial charge in [0.2, 0.25) is 0 Å². The largest absolute Gasteiger partial charge is 0.390 e. The van der Waals surface area contributed by atoms with Crippen molar-refractivity contribution < 1.29 is 5.11 Å². The molecule has 0 aromatic heterocycles. The Kier molecular flexibility index (Phi) is 3.44. The average molecular weight is 208 g/mol. The molecule has 0 amide bonds. The van der Waals surface area contributed by atoms with Crippen LogP contribution in [0.2, 0.25) is 0 Å². The highest BCUT2D eigenvalue weighted by molar-refractivity contribution is 5.21. The van der Waals surface area contributed by atoms with Gasteiger partial charge in [-0.15, -0.1) is 6.58 Å². The van der Waals surface area contributed by atoms with Gasteiger partial charge in [0.05, 0.1) is 5.60 Å². The van der Waals surface area contributed by atoms with Crippen molar-refractivity contribution in [2.45, 2.75) is 52.6 Å². The third-order valence-electron chi connectivity index (χ3n) is 4.15. The molecule has 2 unspecified atom stereocenters. The number of allylic oxidation sites excluding steroid dienone is 3. The van der Waals surface area contributed by atoms with Gasteiger partial charge in [-0.05, 0) is 44.4 Å². The van der Waals surface area contributed by atoms with E-state index < -0.39 is 5.60 Å². The van der Waals surface area contributed by atoms with Gasteiger partial charge in [0.1, 0.15) is 0 Å². The van der Waals surface area contributed by atoms with Crippen LogP contribution in [0, 0.1) is 11.3 Å². The van der Waals surface area contributed by atoms with Gasteiger partial charge >= 0.3 is 0 Å². The van der Waals surface area contributed by atoms with E-state index in [9.17, 15) is 5.11 Å². The third kappa shape index (κ3) is 2.34. The van der Waals surface area contributed by atoms with E-state index in [0.29, 0.717) is 5.92 Å². The molecule has 2 atom stereocenters. The van der Waals surface area contributed by atoms with Crippen molar-refractivity contribution in [2.24, 2.45) is 11.3 Å². The van der Waals surface area contributed by atoms with Crippen LogP contribution in [-0.2, 0) is 0 Å². The van der Waals surface area contributed by atoms with Crippen molar-refractivity contribution in [3.63, 3.8) is 0 Å². The quantitative estimate of drug-likeness (QED) is 0.698. The van der Waals surface area contributed by atoms with Gasteiger partial charge in [-0.2, -0.15) is 0 Å². The molecule has 0 heterocycles. The lowest BCUT2D eigenvalue weighted by Gasteiger charge is -2.40. The molecular formula is C14H24O. The van der Waals surface area contributed by atoms with Crippen LogP contribution < -0.4 is 0 Å². The number of hydrogen-bond donors (Lipinski definition) is 1. The van der Waals surface area contributed by atoms with E-state index in [-0.39, 0.29) is 5.41 Å². The Labute approximate surface area is 93.9 Å². The van der Waals surface area contributed by atoms with Gasteiger partial charge < -0.3 is 5.11 Å². The van der Waals surface area contributed by atoms with Crippen LogP contribution in [0.1, 0.15) is 47.0 Å². The second-order valence-electron chi connectivity index (χ2n) is 5.58. The molecule has 0 fully saturated rings. The van der Waals surface area contributed by atoms with Crippen molar-refractivity contribution in [3.8, 4) is 0 Å². The SMILES string of the molecule is C=CCCC(C)(O)C1CC=C(C)C1(C)C. The molecule has 0 saturated heterocycles. The number of rotatable bonds is 4. The molecule has 15 heavy (non-hydrogen) atoms. The zero-order valence-electron chi connectivity index (χ0n) is 10.5. The Morgan fingerprint density at radius 3 is 2.67 bits per heavy atom. The van der Waals surface area contributed by atoms with E-state index in [1.807, 2.05) is 13.0 Å². The molecule has 1 aliphatic rings. The summed E-state index contributed by atoms with van der Waals surface area (Å²) in [5.41, 5.74) is 0.961. The summed E-state index contributed by atoms with van der Waals surface area (Å²) in [5, 5.41) is 10.5. The maximum atomic E-state index is 10.5. The Bertz CT molecular complexity index is 271. The summed E-state index contributed by atoms with van der Waals surface area (Å²) in [5.74, 6) is 0.338. The van der Waals surface area contributed by atoms with Crippen molar-refractivity contribution in [1.82, 2.24) is 0 Å². The molecule has 1 N–H and O–H groups in total. The molecule has 0 bridgehead atoms. The summed E-state index contributed by atoms with van der Waals surface area (Å²) < 4.78 is 0. The highest BCUT2D eigenvalue weighted by atomic mass is 16.3. The molecule has 0 radical (unpaired) electrons. The Morgan fingerprint density at radius 1 is 1.67 bits per heavy atom. The van der Waals surface area contributed by atoms with Crippen molar-refractivity contribution in [2.75, 3.05) is 0 Å². The van der Waals surface area contributed by atoms with Crippen LogP contribution in [0.15, 0.2) is 24.3 Å². The zero-order chi connectivity index (χ0) is 11.7. The van der Waals surface area contributed by atoms with Gasteiger partial charge in [-0.25, -0.2) is 0 Å². The molecule has 1 aliphatic carbocycles. The first-order valence-electron chi connectivity index (χ1n) is 5.83. The highest BCUT2D eigenvalue weighted by Crippen LogP contribution is 2.49. The summed E-state index contributed by atoms with van der Waals surface area (Å²) in [6.07, 6.45) is 6.86.